The Balaban J connectivity index is 1.42. The Bertz CT molecular complexity index is 652. The smallest absolute Gasteiger partial charge is 0.321 e. The molecule has 0 unspecified atom stereocenters. The Morgan fingerprint density at radius 2 is 1.83 bits per heavy atom. The Labute approximate surface area is 147 Å². The number of piperidine rings is 1. The van der Waals surface area contributed by atoms with Crippen LogP contribution in [0.5, 0.6) is 0 Å². The number of carbonyl (C=O) groups excluding carboxylic acids is 1. The lowest BCUT2D eigenvalue weighted by Gasteiger charge is -2.31. The van der Waals surface area contributed by atoms with Gasteiger partial charge in [-0.2, -0.15) is 0 Å². The predicted molar refractivity (Wildman–Crippen MR) is 99.5 cm³/mol. The van der Waals surface area contributed by atoms with E-state index in [2.05, 4.69) is 41.5 Å². The van der Waals surface area contributed by atoms with Crippen LogP contribution in [0.2, 0.25) is 0 Å². The first-order valence-corrected chi connectivity index (χ1v) is 9.35. The summed E-state index contributed by atoms with van der Waals surface area (Å²) in [6, 6.07) is 12.3. The Kier molecular flexibility index (Phi) is 5.75. The minimum absolute atomic E-state index is 0.00848. The standard InChI is InChI=1S/C19H23N3OS/c1-15-2-4-18(5-3-15)24-14-16-8-12-22(13-9-16)19(23)21-17-6-10-20-11-7-17/h2-7,10-11,16H,8-9,12-14H2,1H3,(H,20,21,23). The van der Waals surface area contributed by atoms with Gasteiger partial charge in [0.25, 0.3) is 0 Å². The van der Waals surface area contributed by atoms with Crippen LogP contribution in [0.15, 0.2) is 53.7 Å². The number of amides is 2. The third kappa shape index (κ3) is 4.74. The summed E-state index contributed by atoms with van der Waals surface area (Å²) in [6.07, 6.45) is 5.51. The zero-order valence-electron chi connectivity index (χ0n) is 13.9. The Hall–Kier alpha value is -2.01. The zero-order chi connectivity index (χ0) is 16.8. The molecule has 4 nitrogen and oxygen atoms in total. The molecule has 1 aromatic carbocycles. The van der Waals surface area contributed by atoms with Gasteiger partial charge in [-0.25, -0.2) is 4.79 Å². The second-order valence-corrected chi connectivity index (χ2v) is 7.31. The summed E-state index contributed by atoms with van der Waals surface area (Å²) in [6.45, 7) is 3.77. The van der Waals surface area contributed by atoms with Crippen molar-refractivity contribution in [2.24, 2.45) is 5.92 Å². The quantitative estimate of drug-likeness (QED) is 0.837. The summed E-state index contributed by atoms with van der Waals surface area (Å²) < 4.78 is 0. The third-order valence-corrected chi connectivity index (χ3v) is 5.58. The van der Waals surface area contributed by atoms with Gasteiger partial charge in [-0.3, -0.25) is 4.98 Å². The van der Waals surface area contributed by atoms with Crippen LogP contribution in [0.3, 0.4) is 0 Å². The van der Waals surface area contributed by atoms with Gasteiger partial charge in [0.1, 0.15) is 0 Å². The van der Waals surface area contributed by atoms with E-state index in [0.29, 0.717) is 5.92 Å². The number of carbonyl (C=O) groups is 1. The van der Waals surface area contributed by atoms with E-state index in [4.69, 9.17) is 0 Å². The number of likely N-dealkylation sites (tertiary alicyclic amines) is 1. The molecule has 0 spiro atoms. The number of aromatic nitrogens is 1. The number of hydrogen-bond donors (Lipinski definition) is 1. The Morgan fingerprint density at radius 1 is 1.17 bits per heavy atom. The number of pyridine rings is 1. The summed E-state index contributed by atoms with van der Waals surface area (Å²) in [5, 5.41) is 2.93. The van der Waals surface area contributed by atoms with E-state index in [9.17, 15) is 4.79 Å². The van der Waals surface area contributed by atoms with Crippen molar-refractivity contribution in [1.29, 1.82) is 0 Å². The highest BCUT2D eigenvalue weighted by Gasteiger charge is 2.22. The van der Waals surface area contributed by atoms with Crippen LogP contribution in [0, 0.1) is 12.8 Å². The van der Waals surface area contributed by atoms with Gasteiger partial charge in [0.05, 0.1) is 0 Å². The number of anilines is 1. The number of urea groups is 1. The van der Waals surface area contributed by atoms with Gasteiger partial charge < -0.3 is 10.2 Å². The lowest BCUT2D eigenvalue weighted by Crippen LogP contribution is -2.41. The monoisotopic (exact) mass is 341 g/mol. The average molecular weight is 341 g/mol. The number of thioether (sulfide) groups is 1. The summed E-state index contributed by atoms with van der Waals surface area (Å²) in [5.74, 6) is 1.81. The van der Waals surface area contributed by atoms with Gasteiger partial charge in [-0.05, 0) is 49.9 Å². The van der Waals surface area contributed by atoms with Crippen molar-refractivity contribution in [3.63, 3.8) is 0 Å². The number of nitrogens with one attached hydrogen (secondary N) is 1. The minimum Gasteiger partial charge on any atom is -0.325 e. The van der Waals surface area contributed by atoms with Crippen LogP contribution >= 0.6 is 11.8 Å². The zero-order valence-corrected chi connectivity index (χ0v) is 14.8. The highest BCUT2D eigenvalue weighted by molar-refractivity contribution is 7.99. The van der Waals surface area contributed by atoms with E-state index in [-0.39, 0.29) is 6.03 Å². The molecule has 1 aliphatic rings. The van der Waals surface area contributed by atoms with E-state index < -0.39 is 0 Å². The molecule has 0 radical (unpaired) electrons. The van der Waals surface area contributed by atoms with E-state index in [1.54, 1.807) is 12.4 Å². The maximum Gasteiger partial charge on any atom is 0.321 e. The van der Waals surface area contributed by atoms with Crippen LogP contribution < -0.4 is 5.32 Å². The molecule has 24 heavy (non-hydrogen) atoms. The third-order valence-electron chi connectivity index (χ3n) is 4.34. The first-order chi connectivity index (χ1) is 11.7. The van der Waals surface area contributed by atoms with Crippen molar-refractivity contribution in [3.05, 3.63) is 54.4 Å². The van der Waals surface area contributed by atoms with Crippen LogP contribution in [0.1, 0.15) is 18.4 Å². The molecule has 0 aliphatic carbocycles. The van der Waals surface area contributed by atoms with Crippen LogP contribution in [0.4, 0.5) is 10.5 Å². The summed E-state index contributed by atoms with van der Waals surface area (Å²) in [4.78, 5) is 19.5. The van der Waals surface area contributed by atoms with Gasteiger partial charge in [-0.15, -0.1) is 11.8 Å². The number of hydrogen-bond acceptors (Lipinski definition) is 3. The molecule has 5 heteroatoms. The fourth-order valence-corrected chi connectivity index (χ4v) is 3.88. The summed E-state index contributed by atoms with van der Waals surface area (Å²) in [5.41, 5.74) is 2.10. The van der Waals surface area contributed by atoms with Gasteiger partial charge in [0.2, 0.25) is 0 Å². The van der Waals surface area contributed by atoms with Crippen LogP contribution in [0.25, 0.3) is 0 Å². The molecular formula is C19H23N3OS. The van der Waals surface area contributed by atoms with Crippen LogP contribution in [-0.2, 0) is 0 Å². The van der Waals surface area contributed by atoms with Gasteiger partial charge in [0, 0.05) is 41.8 Å². The fraction of sp³-hybridized carbons (Fsp3) is 0.368. The Morgan fingerprint density at radius 3 is 2.50 bits per heavy atom. The predicted octanol–water partition coefficient (Wildman–Crippen LogP) is 4.43. The van der Waals surface area contributed by atoms with E-state index >= 15 is 0 Å². The van der Waals surface area contributed by atoms with Crippen molar-refractivity contribution >= 4 is 23.5 Å². The molecule has 0 atom stereocenters. The topological polar surface area (TPSA) is 45.2 Å². The van der Waals surface area contributed by atoms with Gasteiger partial charge in [-0.1, -0.05) is 17.7 Å². The molecule has 3 rings (SSSR count). The number of benzene rings is 1. The van der Waals surface area contributed by atoms with Crippen molar-refractivity contribution < 1.29 is 4.79 Å². The number of aryl methyl sites for hydroxylation is 1. The molecular weight excluding hydrogens is 318 g/mol. The second kappa shape index (κ2) is 8.20. The molecule has 1 aliphatic heterocycles. The maximum atomic E-state index is 12.3. The van der Waals surface area contributed by atoms with Gasteiger partial charge in [0.15, 0.2) is 0 Å². The molecule has 1 fully saturated rings. The van der Waals surface area contributed by atoms with E-state index in [0.717, 1.165) is 37.4 Å². The SMILES string of the molecule is Cc1ccc(SCC2CCN(C(=O)Nc3ccncc3)CC2)cc1. The molecule has 0 bridgehead atoms. The fourth-order valence-electron chi connectivity index (χ4n) is 2.79. The number of rotatable bonds is 4. The molecule has 2 heterocycles. The largest absolute Gasteiger partial charge is 0.325 e. The van der Waals surface area contributed by atoms with Crippen molar-refractivity contribution in [2.75, 3.05) is 24.2 Å². The lowest BCUT2D eigenvalue weighted by atomic mass is 9.99. The average Bonchev–Trinajstić information content (AvgIpc) is 2.62. The molecule has 2 aromatic rings. The lowest BCUT2D eigenvalue weighted by molar-refractivity contribution is 0.187. The second-order valence-electron chi connectivity index (χ2n) is 6.22. The van der Waals surface area contributed by atoms with Crippen LogP contribution in [-0.4, -0.2) is 34.8 Å². The van der Waals surface area contributed by atoms with Crippen molar-refractivity contribution in [2.45, 2.75) is 24.7 Å². The first-order valence-electron chi connectivity index (χ1n) is 8.36. The molecule has 2 amide bonds. The van der Waals surface area contributed by atoms with Gasteiger partial charge >= 0.3 is 6.03 Å². The normalized spacial score (nSPS) is 15.3. The molecule has 1 saturated heterocycles. The molecule has 1 N–H and O–H groups in total. The molecule has 0 saturated carbocycles. The highest BCUT2D eigenvalue weighted by Crippen LogP contribution is 2.27. The maximum absolute atomic E-state index is 12.3. The van der Waals surface area contributed by atoms with Crippen molar-refractivity contribution in [3.8, 4) is 0 Å². The summed E-state index contributed by atoms with van der Waals surface area (Å²) in [7, 11) is 0. The molecule has 126 valence electrons. The van der Waals surface area contributed by atoms with Crippen molar-refractivity contribution in [1.82, 2.24) is 9.88 Å². The number of nitrogens with zero attached hydrogens (tertiary/aromatic N) is 2. The highest BCUT2D eigenvalue weighted by atomic mass is 32.2. The van der Waals surface area contributed by atoms with E-state index in [1.165, 1.54) is 10.5 Å². The first kappa shape index (κ1) is 16.8. The minimum atomic E-state index is -0.00848. The molecule has 1 aromatic heterocycles. The summed E-state index contributed by atoms with van der Waals surface area (Å²) >= 11 is 1.92. The van der Waals surface area contributed by atoms with E-state index in [1.807, 2.05) is 28.8 Å².